The van der Waals surface area contributed by atoms with Crippen molar-refractivity contribution >= 4 is 28.2 Å². The van der Waals surface area contributed by atoms with Crippen molar-refractivity contribution < 1.29 is 0 Å². The van der Waals surface area contributed by atoms with E-state index in [-0.39, 0.29) is 0 Å². The number of hydrogen-bond donors (Lipinski definition) is 1. The fourth-order valence-corrected chi connectivity index (χ4v) is 4.89. The van der Waals surface area contributed by atoms with Gasteiger partial charge in [-0.15, -0.1) is 11.8 Å². The van der Waals surface area contributed by atoms with Crippen LogP contribution in [0.2, 0.25) is 0 Å². The topological polar surface area (TPSA) is 12.0 Å². The Morgan fingerprint density at radius 3 is 2.64 bits per heavy atom. The van der Waals surface area contributed by atoms with Crippen LogP contribution >= 0.6 is 11.8 Å². The summed E-state index contributed by atoms with van der Waals surface area (Å²) in [5.41, 5.74) is 4.18. The summed E-state index contributed by atoms with van der Waals surface area (Å²) >= 11 is 1.80. The molecule has 3 aromatic rings. The van der Waals surface area contributed by atoms with Crippen molar-refractivity contribution in [1.29, 1.82) is 0 Å². The van der Waals surface area contributed by atoms with Gasteiger partial charge in [-0.25, -0.2) is 0 Å². The molecule has 1 heterocycles. The molecule has 25 heavy (non-hydrogen) atoms. The molecule has 3 aromatic carbocycles. The zero-order valence-corrected chi connectivity index (χ0v) is 15.1. The number of anilines is 1. The van der Waals surface area contributed by atoms with Crippen molar-refractivity contribution in [1.82, 2.24) is 0 Å². The van der Waals surface area contributed by atoms with Crippen molar-refractivity contribution in [2.75, 3.05) is 11.6 Å². The lowest BCUT2D eigenvalue weighted by Gasteiger charge is -2.38. The first-order chi connectivity index (χ1) is 12.3. The molecule has 0 bridgehead atoms. The van der Waals surface area contributed by atoms with Gasteiger partial charge in [0.1, 0.15) is 0 Å². The van der Waals surface area contributed by atoms with Gasteiger partial charge in [-0.1, -0.05) is 60.7 Å². The summed E-state index contributed by atoms with van der Waals surface area (Å²) in [6.45, 7) is 0. The molecule has 1 N–H and O–H groups in total. The van der Waals surface area contributed by atoms with Gasteiger partial charge in [-0.05, 0) is 47.2 Å². The number of thioether (sulfide) groups is 1. The van der Waals surface area contributed by atoms with Gasteiger partial charge >= 0.3 is 0 Å². The van der Waals surface area contributed by atoms with Crippen LogP contribution in [0.25, 0.3) is 10.8 Å². The third-order valence-corrected chi connectivity index (χ3v) is 6.48. The Morgan fingerprint density at radius 2 is 1.80 bits per heavy atom. The highest BCUT2D eigenvalue weighted by molar-refractivity contribution is 7.98. The molecule has 0 aromatic heterocycles. The highest BCUT2D eigenvalue weighted by Crippen LogP contribution is 2.51. The van der Waals surface area contributed by atoms with E-state index in [0.29, 0.717) is 17.9 Å². The van der Waals surface area contributed by atoms with Crippen LogP contribution in [0.3, 0.4) is 0 Å². The Labute approximate surface area is 153 Å². The SMILES string of the molecule is CSc1ccc(C2Nc3c(ccc4ccccc34)C3C=CCC32)cc1. The van der Waals surface area contributed by atoms with Crippen LogP contribution < -0.4 is 5.32 Å². The average molecular weight is 343 g/mol. The van der Waals surface area contributed by atoms with Gasteiger partial charge in [0.15, 0.2) is 0 Å². The lowest BCUT2D eigenvalue weighted by atomic mass is 9.76. The molecule has 0 radical (unpaired) electrons. The number of allylic oxidation sites excluding steroid dienone is 2. The molecule has 2 aliphatic rings. The van der Waals surface area contributed by atoms with Crippen molar-refractivity contribution in [2.45, 2.75) is 23.3 Å². The van der Waals surface area contributed by atoms with E-state index < -0.39 is 0 Å². The van der Waals surface area contributed by atoms with Crippen LogP contribution in [0.5, 0.6) is 0 Å². The fourth-order valence-electron chi connectivity index (χ4n) is 4.48. The third kappa shape index (κ3) is 2.39. The van der Waals surface area contributed by atoms with Gasteiger partial charge in [0.2, 0.25) is 0 Å². The Hall–Kier alpha value is -2.19. The zero-order chi connectivity index (χ0) is 16.8. The zero-order valence-electron chi connectivity index (χ0n) is 14.3. The van der Waals surface area contributed by atoms with E-state index in [4.69, 9.17) is 0 Å². The van der Waals surface area contributed by atoms with Gasteiger partial charge in [0.25, 0.3) is 0 Å². The van der Waals surface area contributed by atoms with Crippen molar-refractivity contribution in [3.8, 4) is 0 Å². The van der Waals surface area contributed by atoms with E-state index in [1.807, 2.05) is 0 Å². The molecule has 5 rings (SSSR count). The molecule has 0 saturated carbocycles. The second-order valence-corrected chi connectivity index (χ2v) is 7.88. The van der Waals surface area contributed by atoms with Gasteiger partial charge in [0, 0.05) is 21.9 Å². The molecule has 124 valence electrons. The molecule has 3 atom stereocenters. The van der Waals surface area contributed by atoms with Crippen LogP contribution in [0.15, 0.2) is 77.7 Å². The Morgan fingerprint density at radius 1 is 0.960 bits per heavy atom. The first-order valence-electron chi connectivity index (χ1n) is 8.94. The standard InChI is InChI=1S/C23H21NS/c1-25-17-12-9-16(10-13-17)22-20-8-4-7-19(20)21-14-11-15-5-2-3-6-18(15)23(21)24-22/h2-7,9-14,19-20,22,24H,8H2,1H3. The van der Waals surface area contributed by atoms with Gasteiger partial charge in [-0.2, -0.15) is 0 Å². The highest BCUT2D eigenvalue weighted by atomic mass is 32.2. The molecular weight excluding hydrogens is 322 g/mol. The number of rotatable bonds is 2. The number of hydrogen-bond acceptors (Lipinski definition) is 2. The van der Waals surface area contributed by atoms with E-state index in [2.05, 4.69) is 84.4 Å². The summed E-state index contributed by atoms with van der Waals surface area (Å²) < 4.78 is 0. The predicted molar refractivity (Wildman–Crippen MR) is 109 cm³/mol. The first-order valence-corrected chi connectivity index (χ1v) is 10.2. The number of benzene rings is 3. The van der Waals surface area contributed by atoms with Crippen molar-refractivity contribution in [3.63, 3.8) is 0 Å². The monoisotopic (exact) mass is 343 g/mol. The molecule has 1 aliphatic carbocycles. The van der Waals surface area contributed by atoms with E-state index in [9.17, 15) is 0 Å². The average Bonchev–Trinajstić information content (AvgIpc) is 3.17. The van der Waals surface area contributed by atoms with E-state index >= 15 is 0 Å². The van der Waals surface area contributed by atoms with Crippen LogP contribution in [0.1, 0.15) is 29.5 Å². The summed E-state index contributed by atoms with van der Waals surface area (Å²) in [5, 5.41) is 6.57. The van der Waals surface area contributed by atoms with Gasteiger partial charge in [-0.3, -0.25) is 0 Å². The molecule has 0 saturated heterocycles. The largest absolute Gasteiger partial charge is 0.377 e. The second-order valence-electron chi connectivity index (χ2n) is 7.00. The Kier molecular flexibility index (Phi) is 3.60. The maximum Gasteiger partial charge on any atom is 0.0554 e. The number of fused-ring (bicyclic) bond motifs is 5. The van der Waals surface area contributed by atoms with Crippen molar-refractivity contribution in [3.05, 3.63) is 83.9 Å². The first kappa shape index (κ1) is 15.1. The maximum atomic E-state index is 3.92. The molecular formula is C23H21NS. The maximum absolute atomic E-state index is 3.92. The minimum atomic E-state index is 0.370. The lowest BCUT2D eigenvalue weighted by molar-refractivity contribution is 0.426. The molecule has 0 fully saturated rings. The molecule has 3 unspecified atom stereocenters. The second kappa shape index (κ2) is 5.96. The summed E-state index contributed by atoms with van der Waals surface area (Å²) in [6, 6.07) is 22.8. The highest BCUT2D eigenvalue weighted by Gasteiger charge is 2.38. The van der Waals surface area contributed by atoms with E-state index in [1.165, 1.54) is 32.5 Å². The minimum absolute atomic E-state index is 0.370. The Bertz CT molecular complexity index is 957. The summed E-state index contributed by atoms with van der Waals surface area (Å²) in [4.78, 5) is 1.33. The van der Waals surface area contributed by atoms with Crippen LogP contribution in [0, 0.1) is 5.92 Å². The molecule has 0 spiro atoms. The summed E-state index contributed by atoms with van der Waals surface area (Å²) in [5.74, 6) is 1.12. The molecule has 2 heteroatoms. The Balaban J connectivity index is 1.65. The molecule has 1 nitrogen and oxygen atoms in total. The number of nitrogens with one attached hydrogen (secondary N) is 1. The third-order valence-electron chi connectivity index (χ3n) is 5.74. The summed E-state index contributed by atoms with van der Waals surface area (Å²) in [7, 11) is 0. The van der Waals surface area contributed by atoms with Crippen LogP contribution in [-0.2, 0) is 0 Å². The fraction of sp³-hybridized carbons (Fsp3) is 0.217. The van der Waals surface area contributed by atoms with Gasteiger partial charge in [0.05, 0.1) is 6.04 Å². The van der Waals surface area contributed by atoms with E-state index in [0.717, 1.165) is 6.42 Å². The van der Waals surface area contributed by atoms with E-state index in [1.54, 1.807) is 11.8 Å². The smallest absolute Gasteiger partial charge is 0.0554 e. The summed E-state index contributed by atoms with van der Waals surface area (Å²) in [6.07, 6.45) is 8.07. The lowest BCUT2D eigenvalue weighted by Crippen LogP contribution is -2.29. The molecule has 0 amide bonds. The quantitative estimate of drug-likeness (QED) is 0.427. The minimum Gasteiger partial charge on any atom is -0.377 e. The normalized spacial score (nSPS) is 24.0. The van der Waals surface area contributed by atoms with Crippen molar-refractivity contribution in [2.24, 2.45) is 5.92 Å². The van der Waals surface area contributed by atoms with Gasteiger partial charge < -0.3 is 5.32 Å². The van der Waals surface area contributed by atoms with Crippen LogP contribution in [-0.4, -0.2) is 6.26 Å². The molecule has 1 aliphatic heterocycles. The van der Waals surface area contributed by atoms with Crippen LogP contribution in [0.4, 0.5) is 5.69 Å². The predicted octanol–water partition coefficient (Wildman–Crippen LogP) is 6.39.